The van der Waals surface area contributed by atoms with Gasteiger partial charge in [-0.2, -0.15) is 0 Å². The van der Waals surface area contributed by atoms with Crippen molar-refractivity contribution in [2.75, 3.05) is 19.8 Å². The van der Waals surface area contributed by atoms with Gasteiger partial charge in [-0.15, -0.1) is 0 Å². The molecule has 10 heteroatoms. The number of hydrogen-bond donors (Lipinski definition) is 4. The SMILES string of the molecule is O=C(CC1CC=CCC(NC(=O)OCc2ccccc2)C(=O)OCCNC1=O)NC1(CO)CCCC1. The molecular weight excluding hydrogens is 466 g/mol. The summed E-state index contributed by atoms with van der Waals surface area (Å²) < 4.78 is 10.4. The van der Waals surface area contributed by atoms with Gasteiger partial charge >= 0.3 is 12.1 Å². The number of nitrogens with one attached hydrogen (secondary N) is 3. The Balaban J connectivity index is 1.55. The maximum absolute atomic E-state index is 12.7. The van der Waals surface area contributed by atoms with Crippen LogP contribution in [0.2, 0.25) is 0 Å². The molecule has 1 fully saturated rings. The first kappa shape index (κ1) is 27.2. The summed E-state index contributed by atoms with van der Waals surface area (Å²) in [5.41, 5.74) is 0.217. The van der Waals surface area contributed by atoms with E-state index >= 15 is 0 Å². The normalized spacial score (nSPS) is 22.4. The monoisotopic (exact) mass is 501 g/mol. The molecule has 0 aromatic heterocycles. The fourth-order valence-corrected chi connectivity index (χ4v) is 4.41. The summed E-state index contributed by atoms with van der Waals surface area (Å²) in [4.78, 5) is 50.0. The van der Waals surface area contributed by atoms with Crippen molar-refractivity contribution in [3.05, 3.63) is 48.0 Å². The van der Waals surface area contributed by atoms with Gasteiger partial charge in [-0.1, -0.05) is 55.3 Å². The lowest BCUT2D eigenvalue weighted by molar-refractivity contribution is -0.146. The van der Waals surface area contributed by atoms with Gasteiger partial charge in [0.05, 0.1) is 24.6 Å². The third kappa shape index (κ3) is 8.37. The molecule has 1 aliphatic heterocycles. The number of carbonyl (C=O) groups is 4. The maximum atomic E-state index is 12.7. The van der Waals surface area contributed by atoms with Crippen LogP contribution in [0, 0.1) is 5.92 Å². The van der Waals surface area contributed by atoms with Gasteiger partial charge in [-0.3, -0.25) is 9.59 Å². The van der Waals surface area contributed by atoms with E-state index in [9.17, 15) is 24.3 Å². The highest BCUT2D eigenvalue weighted by molar-refractivity contribution is 5.86. The van der Waals surface area contributed by atoms with E-state index < -0.39 is 29.6 Å². The second-order valence-electron chi connectivity index (χ2n) is 9.25. The van der Waals surface area contributed by atoms with E-state index in [0.717, 1.165) is 31.2 Å². The molecule has 4 N–H and O–H groups in total. The highest BCUT2D eigenvalue weighted by Crippen LogP contribution is 2.29. The van der Waals surface area contributed by atoms with E-state index in [2.05, 4.69) is 16.0 Å². The van der Waals surface area contributed by atoms with Crippen molar-refractivity contribution in [3.8, 4) is 0 Å². The molecule has 0 radical (unpaired) electrons. The minimum atomic E-state index is -0.951. The van der Waals surface area contributed by atoms with Crippen molar-refractivity contribution in [2.24, 2.45) is 5.92 Å². The van der Waals surface area contributed by atoms with Crippen LogP contribution < -0.4 is 16.0 Å². The Bertz CT molecular complexity index is 929. The quantitative estimate of drug-likeness (QED) is 0.329. The topological polar surface area (TPSA) is 143 Å². The lowest BCUT2D eigenvalue weighted by Gasteiger charge is -2.28. The van der Waals surface area contributed by atoms with Crippen LogP contribution in [0.1, 0.15) is 50.5 Å². The van der Waals surface area contributed by atoms with Gasteiger partial charge in [0.1, 0.15) is 19.3 Å². The van der Waals surface area contributed by atoms with E-state index in [4.69, 9.17) is 9.47 Å². The van der Waals surface area contributed by atoms with Gasteiger partial charge < -0.3 is 30.5 Å². The zero-order chi connectivity index (χ0) is 25.8. The molecule has 0 bridgehead atoms. The van der Waals surface area contributed by atoms with E-state index in [-0.39, 0.29) is 57.4 Å². The van der Waals surface area contributed by atoms with Crippen LogP contribution in [0.3, 0.4) is 0 Å². The van der Waals surface area contributed by atoms with Crippen molar-refractivity contribution in [1.29, 1.82) is 0 Å². The van der Waals surface area contributed by atoms with Gasteiger partial charge in [-0.05, 0) is 31.2 Å². The van der Waals surface area contributed by atoms with Gasteiger partial charge in [-0.25, -0.2) is 9.59 Å². The Kier molecular flexibility index (Phi) is 10.3. The highest BCUT2D eigenvalue weighted by Gasteiger charge is 2.35. The van der Waals surface area contributed by atoms with E-state index in [0.29, 0.717) is 0 Å². The molecule has 196 valence electrons. The van der Waals surface area contributed by atoms with Crippen LogP contribution in [0.25, 0.3) is 0 Å². The fourth-order valence-electron chi connectivity index (χ4n) is 4.41. The van der Waals surface area contributed by atoms with Crippen LogP contribution in [0.4, 0.5) is 4.79 Å². The molecule has 10 nitrogen and oxygen atoms in total. The molecule has 2 atom stereocenters. The van der Waals surface area contributed by atoms with Crippen molar-refractivity contribution in [2.45, 2.75) is 63.1 Å². The van der Waals surface area contributed by atoms with Gasteiger partial charge in [0.2, 0.25) is 11.8 Å². The summed E-state index contributed by atoms with van der Waals surface area (Å²) in [6.07, 6.45) is 6.39. The third-order valence-electron chi connectivity index (χ3n) is 6.46. The Morgan fingerprint density at radius 3 is 2.56 bits per heavy atom. The molecule has 36 heavy (non-hydrogen) atoms. The van der Waals surface area contributed by atoms with Crippen molar-refractivity contribution < 1.29 is 33.8 Å². The number of cyclic esters (lactones) is 1. The summed E-state index contributed by atoms with van der Waals surface area (Å²) in [6.45, 7) is -0.0447. The molecule has 2 unspecified atom stereocenters. The van der Waals surface area contributed by atoms with Crippen LogP contribution >= 0.6 is 0 Å². The number of rotatable bonds is 7. The molecule has 0 saturated heterocycles. The number of hydrogen-bond acceptors (Lipinski definition) is 7. The van der Waals surface area contributed by atoms with E-state index in [1.54, 1.807) is 12.2 Å². The number of aliphatic hydroxyl groups is 1. The second-order valence-corrected chi connectivity index (χ2v) is 9.25. The van der Waals surface area contributed by atoms with Crippen LogP contribution in [0.5, 0.6) is 0 Å². The first-order valence-electron chi connectivity index (χ1n) is 12.4. The first-order valence-corrected chi connectivity index (χ1v) is 12.4. The Hall–Kier alpha value is -3.40. The number of aliphatic hydroxyl groups excluding tert-OH is 1. The zero-order valence-electron chi connectivity index (χ0n) is 20.4. The first-order chi connectivity index (χ1) is 17.4. The second kappa shape index (κ2) is 13.6. The molecule has 0 spiro atoms. The molecule has 3 amide bonds. The van der Waals surface area contributed by atoms with E-state index in [1.807, 2.05) is 30.3 Å². The molecule has 1 saturated carbocycles. The number of carbonyl (C=O) groups excluding carboxylic acids is 4. The third-order valence-corrected chi connectivity index (χ3v) is 6.46. The number of benzene rings is 1. The van der Waals surface area contributed by atoms with Gasteiger partial charge in [0.25, 0.3) is 0 Å². The summed E-state index contributed by atoms with van der Waals surface area (Å²) in [7, 11) is 0. The van der Waals surface area contributed by atoms with Gasteiger partial charge in [0, 0.05) is 6.42 Å². The molecule has 2 aliphatic rings. The number of amides is 3. The van der Waals surface area contributed by atoms with Crippen molar-refractivity contribution in [1.82, 2.24) is 16.0 Å². The lowest BCUT2D eigenvalue weighted by Crippen LogP contribution is -2.50. The van der Waals surface area contributed by atoms with Gasteiger partial charge in [0.15, 0.2) is 0 Å². The summed E-state index contributed by atoms with van der Waals surface area (Å²) in [6, 6.07) is 8.22. The molecule has 1 heterocycles. The summed E-state index contributed by atoms with van der Waals surface area (Å²) >= 11 is 0. The smallest absolute Gasteiger partial charge is 0.408 e. The standard InChI is InChI=1S/C26H35N3O7/c30-18-26(12-6-7-13-26)29-22(31)16-20-10-4-5-11-21(24(33)35-15-14-27-23(20)32)28-25(34)36-17-19-8-2-1-3-9-19/h1-5,8-9,20-21,30H,6-7,10-18H2,(H,27,32)(H,28,34)(H,29,31). The largest absolute Gasteiger partial charge is 0.462 e. The lowest BCUT2D eigenvalue weighted by atomic mass is 9.95. The molecule has 1 aromatic carbocycles. The predicted octanol–water partition coefficient (Wildman–Crippen LogP) is 1.72. The Morgan fingerprint density at radius 1 is 1.11 bits per heavy atom. The predicted molar refractivity (Wildman–Crippen MR) is 130 cm³/mol. The molecular formula is C26H35N3O7. The maximum Gasteiger partial charge on any atom is 0.408 e. The number of allylic oxidation sites excluding steroid dienone is 1. The summed E-state index contributed by atoms with van der Waals surface area (Å²) in [5, 5.41) is 17.9. The Labute approximate surface area is 210 Å². The number of alkyl carbamates (subject to hydrolysis) is 1. The zero-order valence-corrected chi connectivity index (χ0v) is 20.4. The van der Waals surface area contributed by atoms with Crippen LogP contribution in [-0.2, 0) is 30.5 Å². The summed E-state index contributed by atoms with van der Waals surface area (Å²) in [5.74, 6) is -1.84. The molecule has 3 rings (SSSR count). The average Bonchev–Trinajstić information content (AvgIpc) is 3.34. The highest BCUT2D eigenvalue weighted by atomic mass is 16.6. The fraction of sp³-hybridized carbons (Fsp3) is 0.538. The van der Waals surface area contributed by atoms with Crippen molar-refractivity contribution >= 4 is 23.9 Å². The molecule has 1 aromatic rings. The van der Waals surface area contributed by atoms with Crippen LogP contribution in [-0.4, -0.2) is 60.3 Å². The van der Waals surface area contributed by atoms with Crippen molar-refractivity contribution in [3.63, 3.8) is 0 Å². The average molecular weight is 502 g/mol. The number of ether oxygens (including phenoxy) is 2. The molecule has 1 aliphatic carbocycles. The van der Waals surface area contributed by atoms with Crippen LogP contribution in [0.15, 0.2) is 42.5 Å². The minimum Gasteiger partial charge on any atom is -0.462 e. The van der Waals surface area contributed by atoms with E-state index in [1.165, 1.54) is 0 Å². The number of esters is 1. The Morgan fingerprint density at radius 2 is 1.83 bits per heavy atom. The minimum absolute atomic E-state index is 0.0226.